The number of hydrogen-bond donors (Lipinski definition) is 1. The van der Waals surface area contributed by atoms with Crippen molar-refractivity contribution in [2.24, 2.45) is 0 Å². The maximum atomic E-state index is 12.5. The van der Waals surface area contributed by atoms with Crippen LogP contribution in [-0.2, 0) is 17.8 Å². The number of aryl methyl sites for hydroxylation is 2. The van der Waals surface area contributed by atoms with E-state index in [1.54, 1.807) is 6.07 Å². The monoisotopic (exact) mass is 343 g/mol. The molecule has 8 heteroatoms. The molecule has 0 spiro atoms. The van der Waals surface area contributed by atoms with Gasteiger partial charge in [0.2, 0.25) is 11.0 Å². The first-order valence-electron chi connectivity index (χ1n) is 7.65. The molecule has 0 aliphatic rings. The maximum Gasteiger partial charge on any atom is 0.261 e. The first kappa shape index (κ1) is 16.3. The highest BCUT2D eigenvalue weighted by Gasteiger charge is 2.11. The Bertz CT molecular complexity index is 947. The molecule has 3 aromatic rings. The Balaban J connectivity index is 1.78. The zero-order valence-corrected chi connectivity index (χ0v) is 14.3. The highest BCUT2D eigenvalue weighted by molar-refractivity contribution is 7.15. The summed E-state index contributed by atoms with van der Waals surface area (Å²) in [6.45, 7) is 3.84. The van der Waals surface area contributed by atoms with Crippen LogP contribution in [0.4, 0.5) is 5.13 Å². The van der Waals surface area contributed by atoms with Gasteiger partial charge in [0.1, 0.15) is 11.6 Å². The second kappa shape index (κ2) is 6.88. The van der Waals surface area contributed by atoms with E-state index in [1.165, 1.54) is 22.2 Å². The number of fused-ring (bicyclic) bond motifs is 1. The van der Waals surface area contributed by atoms with E-state index in [0.29, 0.717) is 16.0 Å². The normalized spacial score (nSPS) is 10.9. The number of anilines is 1. The zero-order chi connectivity index (χ0) is 17.1. The van der Waals surface area contributed by atoms with Crippen LogP contribution in [0.1, 0.15) is 23.9 Å². The minimum absolute atomic E-state index is 0.113. The Morgan fingerprint density at radius 1 is 1.33 bits per heavy atom. The smallest absolute Gasteiger partial charge is 0.261 e. The van der Waals surface area contributed by atoms with Crippen molar-refractivity contribution in [1.82, 2.24) is 19.7 Å². The number of nitrogens with zero attached hydrogens (tertiary/aromatic N) is 4. The molecule has 0 fully saturated rings. The summed E-state index contributed by atoms with van der Waals surface area (Å²) in [7, 11) is 0. The summed E-state index contributed by atoms with van der Waals surface area (Å²) in [5.74, 6) is -0.329. The van der Waals surface area contributed by atoms with Gasteiger partial charge in [0.25, 0.3) is 5.56 Å². The summed E-state index contributed by atoms with van der Waals surface area (Å²) in [5, 5.41) is 12.4. The van der Waals surface area contributed by atoms with Gasteiger partial charge in [-0.15, -0.1) is 10.2 Å². The van der Waals surface area contributed by atoms with Crippen molar-refractivity contribution in [3.8, 4) is 0 Å². The topological polar surface area (TPSA) is 89.8 Å². The van der Waals surface area contributed by atoms with Crippen LogP contribution in [0.5, 0.6) is 0 Å². The van der Waals surface area contributed by atoms with Crippen LogP contribution >= 0.6 is 11.3 Å². The van der Waals surface area contributed by atoms with Gasteiger partial charge in [-0.05, 0) is 25.0 Å². The Morgan fingerprint density at radius 2 is 2.17 bits per heavy atom. The molecule has 0 unspecified atom stereocenters. The average molecular weight is 343 g/mol. The molecule has 0 radical (unpaired) electrons. The Morgan fingerprint density at radius 3 is 2.96 bits per heavy atom. The van der Waals surface area contributed by atoms with E-state index < -0.39 is 0 Å². The van der Waals surface area contributed by atoms with Gasteiger partial charge in [-0.3, -0.25) is 19.5 Å². The molecule has 3 rings (SSSR count). The molecule has 7 nitrogen and oxygen atoms in total. The van der Waals surface area contributed by atoms with E-state index in [-0.39, 0.29) is 18.0 Å². The molecule has 0 bridgehead atoms. The van der Waals surface area contributed by atoms with Crippen LogP contribution in [-0.4, -0.2) is 25.7 Å². The Labute approximate surface area is 142 Å². The largest absolute Gasteiger partial charge is 0.299 e. The number of para-hydroxylation sites is 1. The van der Waals surface area contributed by atoms with Crippen molar-refractivity contribution >= 4 is 33.3 Å². The molecule has 1 aromatic carbocycles. The molecule has 0 saturated carbocycles. The number of carbonyl (C=O) groups is 1. The lowest BCUT2D eigenvalue weighted by molar-refractivity contribution is -0.116. The van der Waals surface area contributed by atoms with Gasteiger partial charge in [0.05, 0.1) is 17.2 Å². The molecule has 2 heterocycles. The maximum absolute atomic E-state index is 12.5. The summed E-state index contributed by atoms with van der Waals surface area (Å²) >= 11 is 1.35. The number of nitrogens with one attached hydrogen (secondary N) is 1. The van der Waals surface area contributed by atoms with Gasteiger partial charge >= 0.3 is 0 Å². The van der Waals surface area contributed by atoms with E-state index in [1.807, 2.05) is 19.1 Å². The third kappa shape index (κ3) is 3.33. The standard InChI is InChI=1S/C16H17N5O2S/c1-3-5-13-19-20-16(24-13)18-12(22)8-21-9-17-14-10(2)6-4-7-11(14)15(21)23/h4,6-7,9H,3,5,8H2,1-2H3,(H,18,20,22). The molecule has 1 amide bonds. The molecule has 0 saturated heterocycles. The second-order valence-corrected chi connectivity index (χ2v) is 6.51. The minimum atomic E-state index is -0.329. The number of benzene rings is 1. The van der Waals surface area contributed by atoms with Gasteiger partial charge in [0.15, 0.2) is 0 Å². The molecular weight excluding hydrogens is 326 g/mol. The van der Waals surface area contributed by atoms with Crippen molar-refractivity contribution in [3.05, 3.63) is 45.5 Å². The average Bonchev–Trinajstić information content (AvgIpc) is 2.98. The Hall–Kier alpha value is -2.61. The van der Waals surface area contributed by atoms with Crippen LogP contribution in [0.3, 0.4) is 0 Å². The molecule has 0 aliphatic carbocycles. The van der Waals surface area contributed by atoms with Crippen LogP contribution < -0.4 is 10.9 Å². The van der Waals surface area contributed by atoms with Gasteiger partial charge < -0.3 is 0 Å². The summed E-state index contributed by atoms with van der Waals surface area (Å²) in [5.41, 5.74) is 1.36. The molecule has 2 aromatic heterocycles. The van der Waals surface area contributed by atoms with Crippen molar-refractivity contribution in [2.75, 3.05) is 5.32 Å². The summed E-state index contributed by atoms with van der Waals surface area (Å²) in [4.78, 5) is 28.9. The molecule has 24 heavy (non-hydrogen) atoms. The van der Waals surface area contributed by atoms with Gasteiger partial charge in [-0.2, -0.15) is 0 Å². The van der Waals surface area contributed by atoms with Gasteiger partial charge in [-0.25, -0.2) is 4.98 Å². The molecule has 124 valence electrons. The van der Waals surface area contributed by atoms with E-state index in [4.69, 9.17) is 0 Å². The Kier molecular flexibility index (Phi) is 4.66. The fourth-order valence-corrected chi connectivity index (χ4v) is 3.24. The predicted molar refractivity (Wildman–Crippen MR) is 93.3 cm³/mol. The molecule has 0 atom stereocenters. The third-order valence-electron chi connectivity index (χ3n) is 3.55. The molecule has 1 N–H and O–H groups in total. The number of aromatic nitrogens is 4. The summed E-state index contributed by atoms with van der Waals surface area (Å²) in [6, 6.07) is 5.42. The van der Waals surface area contributed by atoms with Gasteiger partial charge in [0, 0.05) is 6.42 Å². The zero-order valence-electron chi connectivity index (χ0n) is 13.4. The quantitative estimate of drug-likeness (QED) is 0.766. The highest BCUT2D eigenvalue weighted by Crippen LogP contribution is 2.16. The van der Waals surface area contributed by atoms with Crippen LogP contribution in [0.15, 0.2) is 29.3 Å². The van der Waals surface area contributed by atoms with Crippen molar-refractivity contribution in [2.45, 2.75) is 33.2 Å². The lowest BCUT2D eigenvalue weighted by atomic mass is 10.1. The van der Waals surface area contributed by atoms with Crippen molar-refractivity contribution in [3.63, 3.8) is 0 Å². The minimum Gasteiger partial charge on any atom is -0.299 e. The molecule has 0 aliphatic heterocycles. The lowest BCUT2D eigenvalue weighted by Gasteiger charge is -2.07. The van der Waals surface area contributed by atoms with Crippen molar-refractivity contribution < 1.29 is 4.79 Å². The van der Waals surface area contributed by atoms with Crippen LogP contribution in [0, 0.1) is 6.92 Å². The van der Waals surface area contributed by atoms with E-state index in [2.05, 4.69) is 27.4 Å². The third-order valence-corrected chi connectivity index (χ3v) is 4.44. The van der Waals surface area contributed by atoms with Gasteiger partial charge in [-0.1, -0.05) is 30.4 Å². The number of amides is 1. The lowest BCUT2D eigenvalue weighted by Crippen LogP contribution is -2.28. The fraction of sp³-hybridized carbons (Fsp3) is 0.312. The molecular formula is C16H17N5O2S. The van der Waals surface area contributed by atoms with E-state index >= 15 is 0 Å². The first-order valence-corrected chi connectivity index (χ1v) is 8.47. The SMILES string of the molecule is CCCc1nnc(NC(=O)Cn2cnc3c(C)cccc3c2=O)s1. The number of rotatable bonds is 5. The van der Waals surface area contributed by atoms with Crippen LogP contribution in [0.2, 0.25) is 0 Å². The number of hydrogen-bond acceptors (Lipinski definition) is 6. The summed E-state index contributed by atoms with van der Waals surface area (Å²) < 4.78 is 1.30. The first-order chi connectivity index (χ1) is 11.6. The highest BCUT2D eigenvalue weighted by atomic mass is 32.1. The predicted octanol–water partition coefficient (Wildman–Crippen LogP) is 2.15. The van der Waals surface area contributed by atoms with Crippen molar-refractivity contribution in [1.29, 1.82) is 0 Å². The van der Waals surface area contributed by atoms with Crippen LogP contribution in [0.25, 0.3) is 10.9 Å². The second-order valence-electron chi connectivity index (χ2n) is 5.45. The van der Waals surface area contributed by atoms with E-state index in [0.717, 1.165) is 23.4 Å². The van der Waals surface area contributed by atoms with E-state index in [9.17, 15) is 9.59 Å². The number of carbonyl (C=O) groups excluding carboxylic acids is 1. The summed E-state index contributed by atoms with van der Waals surface area (Å²) in [6.07, 6.45) is 3.21. The fourth-order valence-electron chi connectivity index (χ4n) is 2.38.